The SMILES string of the molecule is CCNc1cccc(N2CC3CCC2C3)c1[N+](=O)[O-]. The van der Waals surface area contributed by atoms with Crippen LogP contribution in [0.1, 0.15) is 26.2 Å². The number of nitro benzene ring substituents is 1. The number of nitro groups is 1. The zero-order valence-corrected chi connectivity index (χ0v) is 11.1. The zero-order valence-electron chi connectivity index (χ0n) is 11.1. The summed E-state index contributed by atoms with van der Waals surface area (Å²) in [5.74, 6) is 0.729. The zero-order chi connectivity index (χ0) is 13.4. The fraction of sp³-hybridized carbons (Fsp3) is 0.571. The van der Waals surface area contributed by atoms with E-state index < -0.39 is 0 Å². The first-order valence-corrected chi connectivity index (χ1v) is 6.98. The number of fused-ring (bicyclic) bond motifs is 2. The molecule has 1 aromatic rings. The molecule has 1 aliphatic heterocycles. The van der Waals surface area contributed by atoms with Gasteiger partial charge in [-0.3, -0.25) is 10.1 Å². The van der Waals surface area contributed by atoms with Crippen molar-refractivity contribution in [1.29, 1.82) is 0 Å². The fourth-order valence-corrected chi connectivity index (χ4v) is 3.51. The van der Waals surface area contributed by atoms with E-state index in [1.807, 2.05) is 19.1 Å². The van der Waals surface area contributed by atoms with E-state index in [4.69, 9.17) is 0 Å². The summed E-state index contributed by atoms with van der Waals surface area (Å²) in [5.41, 5.74) is 1.65. The quantitative estimate of drug-likeness (QED) is 0.668. The summed E-state index contributed by atoms with van der Waals surface area (Å²) in [5, 5.41) is 14.5. The molecule has 1 heterocycles. The molecule has 5 nitrogen and oxygen atoms in total. The van der Waals surface area contributed by atoms with Crippen LogP contribution in [-0.4, -0.2) is 24.1 Å². The van der Waals surface area contributed by atoms with E-state index in [1.54, 1.807) is 6.07 Å². The van der Waals surface area contributed by atoms with Gasteiger partial charge in [-0.25, -0.2) is 0 Å². The van der Waals surface area contributed by atoms with Crippen molar-refractivity contribution < 1.29 is 4.92 Å². The van der Waals surface area contributed by atoms with Crippen molar-refractivity contribution in [3.05, 3.63) is 28.3 Å². The van der Waals surface area contributed by atoms with Gasteiger partial charge >= 0.3 is 5.69 Å². The summed E-state index contributed by atoms with van der Waals surface area (Å²) in [6, 6.07) is 6.09. The van der Waals surface area contributed by atoms with Crippen molar-refractivity contribution >= 4 is 17.1 Å². The minimum atomic E-state index is -0.251. The Balaban J connectivity index is 2.00. The number of para-hydroxylation sites is 1. The maximum absolute atomic E-state index is 11.4. The second kappa shape index (κ2) is 4.72. The van der Waals surface area contributed by atoms with E-state index in [1.165, 1.54) is 19.3 Å². The highest BCUT2D eigenvalue weighted by Crippen LogP contribution is 2.45. The summed E-state index contributed by atoms with van der Waals surface area (Å²) in [4.78, 5) is 13.4. The molecule has 102 valence electrons. The largest absolute Gasteiger partial charge is 0.380 e. The minimum Gasteiger partial charge on any atom is -0.380 e. The first-order valence-electron chi connectivity index (χ1n) is 6.98. The molecule has 0 spiro atoms. The Morgan fingerprint density at radius 3 is 2.89 bits per heavy atom. The molecule has 1 aromatic carbocycles. The van der Waals surface area contributed by atoms with Gasteiger partial charge in [-0.05, 0) is 44.2 Å². The summed E-state index contributed by atoms with van der Waals surface area (Å²) >= 11 is 0. The van der Waals surface area contributed by atoms with E-state index in [9.17, 15) is 10.1 Å². The van der Waals surface area contributed by atoms with Gasteiger partial charge in [-0.2, -0.15) is 0 Å². The number of piperidine rings is 1. The molecule has 0 aromatic heterocycles. The molecular weight excluding hydrogens is 242 g/mol. The van der Waals surface area contributed by atoms with Crippen LogP contribution in [0.15, 0.2) is 18.2 Å². The highest BCUT2D eigenvalue weighted by molar-refractivity contribution is 5.77. The van der Waals surface area contributed by atoms with E-state index in [0.717, 1.165) is 18.2 Å². The molecule has 0 radical (unpaired) electrons. The molecule has 1 aliphatic carbocycles. The standard InChI is InChI=1S/C14H19N3O2/c1-2-15-12-4-3-5-13(14(12)17(18)19)16-9-10-6-7-11(16)8-10/h3-5,10-11,15H,2,6-9H2,1H3. The summed E-state index contributed by atoms with van der Waals surface area (Å²) < 4.78 is 0. The number of anilines is 2. The Labute approximate surface area is 112 Å². The lowest BCUT2D eigenvalue weighted by Crippen LogP contribution is -2.32. The average Bonchev–Trinajstić information content (AvgIpc) is 3.00. The molecule has 2 unspecified atom stereocenters. The van der Waals surface area contributed by atoms with E-state index in [0.29, 0.717) is 18.3 Å². The van der Waals surface area contributed by atoms with Crippen LogP contribution in [0, 0.1) is 16.0 Å². The number of benzene rings is 1. The maximum Gasteiger partial charge on any atom is 0.315 e. The van der Waals surface area contributed by atoms with Crippen LogP contribution >= 0.6 is 0 Å². The van der Waals surface area contributed by atoms with Gasteiger partial charge in [-0.15, -0.1) is 0 Å². The van der Waals surface area contributed by atoms with E-state index in [-0.39, 0.29) is 10.6 Å². The molecule has 2 aliphatic rings. The fourth-order valence-electron chi connectivity index (χ4n) is 3.51. The van der Waals surface area contributed by atoms with Crippen molar-refractivity contribution in [2.45, 2.75) is 32.2 Å². The Bertz CT molecular complexity index is 503. The molecule has 3 rings (SSSR count). The molecule has 1 N–H and O–H groups in total. The Morgan fingerprint density at radius 1 is 1.47 bits per heavy atom. The highest BCUT2D eigenvalue weighted by atomic mass is 16.6. The van der Waals surface area contributed by atoms with Gasteiger partial charge in [-0.1, -0.05) is 6.07 Å². The molecular formula is C14H19N3O2. The van der Waals surface area contributed by atoms with Crippen molar-refractivity contribution in [1.82, 2.24) is 0 Å². The van der Waals surface area contributed by atoms with Gasteiger partial charge in [0.15, 0.2) is 0 Å². The monoisotopic (exact) mass is 261 g/mol. The van der Waals surface area contributed by atoms with Gasteiger partial charge < -0.3 is 10.2 Å². The molecule has 5 heteroatoms. The maximum atomic E-state index is 11.4. The molecule has 1 saturated carbocycles. The van der Waals surface area contributed by atoms with Crippen LogP contribution in [0.5, 0.6) is 0 Å². The lowest BCUT2D eigenvalue weighted by molar-refractivity contribution is -0.383. The summed E-state index contributed by atoms with van der Waals surface area (Å²) in [6.45, 7) is 3.62. The molecule has 0 amide bonds. The lowest BCUT2D eigenvalue weighted by atomic mass is 10.1. The number of rotatable bonds is 4. The van der Waals surface area contributed by atoms with Gasteiger partial charge in [0.25, 0.3) is 0 Å². The first-order chi connectivity index (χ1) is 9.20. The van der Waals surface area contributed by atoms with Crippen molar-refractivity contribution in [2.75, 3.05) is 23.3 Å². The number of nitrogens with one attached hydrogen (secondary N) is 1. The smallest absolute Gasteiger partial charge is 0.315 e. The van der Waals surface area contributed by atoms with Crippen molar-refractivity contribution in [3.8, 4) is 0 Å². The second-order valence-electron chi connectivity index (χ2n) is 5.45. The van der Waals surface area contributed by atoms with Crippen molar-refractivity contribution in [3.63, 3.8) is 0 Å². The van der Waals surface area contributed by atoms with Crippen LogP contribution in [0.2, 0.25) is 0 Å². The minimum absolute atomic E-state index is 0.233. The van der Waals surface area contributed by atoms with Crippen molar-refractivity contribution in [2.24, 2.45) is 5.92 Å². The third-order valence-corrected chi connectivity index (χ3v) is 4.28. The summed E-state index contributed by atoms with van der Waals surface area (Å²) in [7, 11) is 0. The normalized spacial score (nSPS) is 24.8. The van der Waals surface area contributed by atoms with E-state index >= 15 is 0 Å². The predicted molar refractivity (Wildman–Crippen MR) is 75.7 cm³/mol. The molecule has 1 saturated heterocycles. The Kier molecular flexibility index (Phi) is 3.05. The third kappa shape index (κ3) is 2.03. The molecule has 19 heavy (non-hydrogen) atoms. The lowest BCUT2D eigenvalue weighted by Gasteiger charge is -2.29. The molecule has 2 atom stereocenters. The first kappa shape index (κ1) is 12.3. The predicted octanol–water partition coefficient (Wildman–Crippen LogP) is 3.02. The Morgan fingerprint density at radius 2 is 2.32 bits per heavy atom. The van der Waals surface area contributed by atoms with Crippen LogP contribution in [0.4, 0.5) is 17.1 Å². The van der Waals surface area contributed by atoms with Gasteiger partial charge in [0.1, 0.15) is 11.4 Å². The van der Waals surface area contributed by atoms with Crippen LogP contribution < -0.4 is 10.2 Å². The second-order valence-corrected chi connectivity index (χ2v) is 5.45. The third-order valence-electron chi connectivity index (χ3n) is 4.28. The van der Waals surface area contributed by atoms with Crippen LogP contribution in [-0.2, 0) is 0 Å². The van der Waals surface area contributed by atoms with Gasteiger partial charge in [0.05, 0.1) is 4.92 Å². The number of hydrogen-bond donors (Lipinski definition) is 1. The molecule has 2 bridgehead atoms. The Hall–Kier alpha value is -1.78. The average molecular weight is 261 g/mol. The van der Waals surface area contributed by atoms with Gasteiger partial charge in [0.2, 0.25) is 0 Å². The van der Waals surface area contributed by atoms with Crippen LogP contribution in [0.25, 0.3) is 0 Å². The molecule has 2 fully saturated rings. The number of hydrogen-bond acceptors (Lipinski definition) is 4. The van der Waals surface area contributed by atoms with E-state index in [2.05, 4.69) is 10.2 Å². The van der Waals surface area contributed by atoms with Crippen LogP contribution in [0.3, 0.4) is 0 Å². The topological polar surface area (TPSA) is 58.4 Å². The summed E-state index contributed by atoms with van der Waals surface area (Å²) in [6.07, 6.45) is 3.65. The highest BCUT2D eigenvalue weighted by Gasteiger charge is 2.40. The van der Waals surface area contributed by atoms with Gasteiger partial charge in [0, 0.05) is 19.1 Å². The number of nitrogens with zero attached hydrogens (tertiary/aromatic N) is 2.